The molecule has 0 aromatic heterocycles. The van der Waals surface area contributed by atoms with Crippen LogP contribution in [0.4, 0.5) is 4.39 Å². The number of ketones is 1. The Bertz CT molecular complexity index is 717. The Morgan fingerprint density at radius 1 is 1.32 bits per heavy atom. The lowest BCUT2D eigenvalue weighted by atomic mass is 9.48. The summed E-state index contributed by atoms with van der Waals surface area (Å²) in [5.41, 5.74) is -1.31. The third-order valence-electron chi connectivity index (χ3n) is 8.30. The average molecular weight is 363 g/mol. The Hall–Kier alpha value is -0.610. The third-order valence-corrected chi connectivity index (χ3v) is 10.0. The highest BCUT2D eigenvalue weighted by atomic mass is 32.2. The summed E-state index contributed by atoms with van der Waals surface area (Å²) in [6.07, 6.45) is 9.41. The van der Waals surface area contributed by atoms with E-state index in [0.717, 1.165) is 43.4 Å². The van der Waals surface area contributed by atoms with Crippen LogP contribution < -0.4 is 0 Å². The molecule has 1 heterocycles. The van der Waals surface area contributed by atoms with E-state index in [1.165, 1.54) is 0 Å². The zero-order valence-corrected chi connectivity index (χ0v) is 16.1. The molecule has 4 heteroatoms. The number of allylic oxidation sites excluding steroid dienone is 4. The first-order valence-corrected chi connectivity index (χ1v) is 10.7. The summed E-state index contributed by atoms with van der Waals surface area (Å²) >= 11 is 2.02. The normalized spacial score (nSPS) is 55.8. The van der Waals surface area contributed by atoms with E-state index in [4.69, 9.17) is 4.74 Å². The molecule has 0 aromatic rings. The van der Waals surface area contributed by atoms with Gasteiger partial charge in [0.2, 0.25) is 0 Å². The van der Waals surface area contributed by atoms with Gasteiger partial charge in [-0.1, -0.05) is 18.6 Å². The topological polar surface area (TPSA) is 26.3 Å². The summed E-state index contributed by atoms with van der Waals surface area (Å²) in [4.78, 5) is 11.9. The first-order chi connectivity index (χ1) is 11.8. The van der Waals surface area contributed by atoms with E-state index in [9.17, 15) is 4.79 Å². The van der Waals surface area contributed by atoms with Crippen molar-refractivity contribution in [2.45, 2.75) is 75.0 Å². The fraction of sp³-hybridized carbons (Fsp3) is 0.762. The molecule has 7 atom stereocenters. The van der Waals surface area contributed by atoms with E-state index in [-0.39, 0.29) is 28.2 Å². The van der Waals surface area contributed by atoms with Crippen molar-refractivity contribution in [3.05, 3.63) is 23.8 Å². The highest BCUT2D eigenvalue weighted by molar-refractivity contribution is 8.00. The smallest absolute Gasteiger partial charge is 0.178 e. The van der Waals surface area contributed by atoms with Gasteiger partial charge in [-0.2, -0.15) is 11.8 Å². The minimum absolute atomic E-state index is 0.00189. The number of ether oxygens (including phenoxy) is 1. The summed E-state index contributed by atoms with van der Waals surface area (Å²) in [7, 11) is 0. The number of carbonyl (C=O) groups excluding carboxylic acids is 1. The Morgan fingerprint density at radius 3 is 2.88 bits per heavy atom. The van der Waals surface area contributed by atoms with Crippen molar-refractivity contribution in [2.24, 2.45) is 17.3 Å². The highest BCUT2D eigenvalue weighted by Crippen LogP contribution is 2.74. The van der Waals surface area contributed by atoms with Crippen molar-refractivity contribution >= 4 is 17.5 Å². The Morgan fingerprint density at radius 2 is 2.12 bits per heavy atom. The zero-order valence-electron chi connectivity index (χ0n) is 15.3. The molecule has 2 nitrogen and oxygen atoms in total. The van der Waals surface area contributed by atoms with Gasteiger partial charge in [-0.15, -0.1) is 0 Å². The van der Waals surface area contributed by atoms with Crippen LogP contribution in [0.2, 0.25) is 0 Å². The monoisotopic (exact) mass is 362 g/mol. The van der Waals surface area contributed by atoms with Crippen LogP contribution in [0.1, 0.15) is 52.9 Å². The van der Waals surface area contributed by atoms with Crippen molar-refractivity contribution in [3.8, 4) is 0 Å². The lowest BCUT2D eigenvalue weighted by Crippen LogP contribution is -2.65. The molecule has 0 aromatic carbocycles. The van der Waals surface area contributed by atoms with Crippen LogP contribution in [-0.4, -0.2) is 33.7 Å². The first kappa shape index (κ1) is 16.6. The Labute approximate surface area is 153 Å². The van der Waals surface area contributed by atoms with Crippen molar-refractivity contribution in [1.29, 1.82) is 0 Å². The number of hydrogen-bond acceptors (Lipinski definition) is 3. The van der Waals surface area contributed by atoms with Crippen LogP contribution in [0, 0.1) is 17.3 Å². The van der Waals surface area contributed by atoms with Gasteiger partial charge in [-0.25, -0.2) is 4.39 Å². The summed E-state index contributed by atoms with van der Waals surface area (Å²) in [6.45, 7) is 6.45. The average Bonchev–Trinajstić information content (AvgIpc) is 2.97. The van der Waals surface area contributed by atoms with E-state index >= 15 is 4.39 Å². The molecule has 25 heavy (non-hydrogen) atoms. The summed E-state index contributed by atoms with van der Waals surface area (Å²) in [5, 5.41) is 0. The predicted molar refractivity (Wildman–Crippen MR) is 98.4 cm³/mol. The molecule has 1 saturated heterocycles. The molecule has 4 aliphatic carbocycles. The van der Waals surface area contributed by atoms with Crippen LogP contribution in [0.15, 0.2) is 23.8 Å². The van der Waals surface area contributed by atoms with Gasteiger partial charge >= 0.3 is 0 Å². The van der Waals surface area contributed by atoms with E-state index in [1.54, 1.807) is 12.2 Å². The Balaban J connectivity index is 1.67. The van der Waals surface area contributed by atoms with Gasteiger partial charge < -0.3 is 4.74 Å². The predicted octanol–water partition coefficient (Wildman–Crippen LogP) is 4.64. The molecule has 0 amide bonds. The van der Waals surface area contributed by atoms with Gasteiger partial charge in [0, 0.05) is 11.3 Å². The lowest BCUT2D eigenvalue weighted by Gasteiger charge is -2.59. The third kappa shape index (κ3) is 1.66. The molecule has 5 rings (SSSR count). The van der Waals surface area contributed by atoms with Gasteiger partial charge in [0.05, 0.1) is 16.5 Å². The van der Waals surface area contributed by atoms with Gasteiger partial charge in [-0.3, -0.25) is 4.79 Å². The number of fused-ring (bicyclic) bond motifs is 6. The number of thioether (sulfide) groups is 1. The van der Waals surface area contributed by atoms with Crippen LogP contribution >= 0.6 is 11.8 Å². The zero-order chi connectivity index (χ0) is 17.7. The fourth-order valence-electron chi connectivity index (χ4n) is 7.17. The second-order valence-electron chi connectivity index (χ2n) is 9.03. The molecule has 136 valence electrons. The van der Waals surface area contributed by atoms with Crippen LogP contribution in [0.5, 0.6) is 0 Å². The number of carbonyl (C=O) groups is 1. The van der Waals surface area contributed by atoms with E-state index in [0.29, 0.717) is 5.92 Å². The number of halogens is 1. The second kappa shape index (κ2) is 4.81. The number of alkyl halides is 1. The minimum Gasteiger partial charge on any atom is -0.367 e. The van der Waals surface area contributed by atoms with E-state index < -0.39 is 11.1 Å². The molecule has 5 aliphatic rings. The second-order valence-corrected chi connectivity index (χ2v) is 10.6. The van der Waals surface area contributed by atoms with E-state index in [2.05, 4.69) is 13.8 Å². The minimum atomic E-state index is -1.39. The molecule has 0 spiro atoms. The molecule has 4 fully saturated rings. The quantitative estimate of drug-likeness (QED) is 0.716. The first-order valence-electron chi connectivity index (χ1n) is 9.76. The van der Waals surface area contributed by atoms with Crippen molar-refractivity contribution in [1.82, 2.24) is 0 Å². The van der Waals surface area contributed by atoms with Gasteiger partial charge in [-0.05, 0) is 69.8 Å². The molecule has 1 aliphatic heterocycles. The summed E-state index contributed by atoms with van der Waals surface area (Å²) in [6, 6.07) is 0. The molecule has 0 N–H and O–H groups in total. The molecular weight excluding hydrogens is 335 g/mol. The van der Waals surface area contributed by atoms with Crippen molar-refractivity contribution in [3.63, 3.8) is 0 Å². The number of hydrogen-bond donors (Lipinski definition) is 0. The van der Waals surface area contributed by atoms with Crippen molar-refractivity contribution in [2.75, 3.05) is 5.75 Å². The number of rotatable bonds is 2. The standard InChI is InChI=1S/C21H27FO2S/c1-4-25-20-12-17-21(22)16(15(20)8-10-19(20,3)24-17)6-5-13-11-14(23)7-9-18(13,21)2/h7,9,11,15-17H,4-6,8,10,12H2,1-3H3/t15-,16-,17+,18-,19+,20-,21?/m0/s1. The van der Waals surface area contributed by atoms with Gasteiger partial charge in [0.1, 0.15) is 0 Å². The highest BCUT2D eigenvalue weighted by Gasteiger charge is 2.78. The van der Waals surface area contributed by atoms with Crippen LogP contribution in [0.3, 0.4) is 0 Å². The maximum atomic E-state index is 17.1. The molecule has 2 bridgehead atoms. The lowest BCUT2D eigenvalue weighted by molar-refractivity contribution is -0.168. The summed E-state index contributed by atoms with van der Waals surface area (Å²) < 4.78 is 23.7. The maximum Gasteiger partial charge on any atom is 0.178 e. The molecule has 1 unspecified atom stereocenters. The van der Waals surface area contributed by atoms with E-state index in [1.807, 2.05) is 24.8 Å². The maximum absolute atomic E-state index is 17.1. The summed E-state index contributed by atoms with van der Waals surface area (Å²) in [5.74, 6) is 1.48. The molecular formula is C21H27FO2S. The van der Waals surface area contributed by atoms with Crippen LogP contribution in [0.25, 0.3) is 0 Å². The van der Waals surface area contributed by atoms with Gasteiger partial charge in [0.25, 0.3) is 0 Å². The fourth-order valence-corrected chi connectivity index (χ4v) is 8.90. The van der Waals surface area contributed by atoms with Crippen molar-refractivity contribution < 1.29 is 13.9 Å². The molecule has 0 radical (unpaired) electrons. The molecule has 3 saturated carbocycles. The largest absolute Gasteiger partial charge is 0.367 e. The SMILES string of the molecule is CCS[C@]12C[C@H]3O[C@]1(C)CC[C@H]2[C@@H]1CCC2=CC(=O)C=C[C@]2(C)C31F. The van der Waals surface area contributed by atoms with Gasteiger partial charge in [0.15, 0.2) is 11.5 Å². The van der Waals surface area contributed by atoms with Crippen LogP contribution in [-0.2, 0) is 9.53 Å². The Kier molecular flexibility index (Phi) is 3.18.